The van der Waals surface area contributed by atoms with Gasteiger partial charge in [-0.15, -0.1) is 0 Å². The molecule has 2 fully saturated rings. The van der Waals surface area contributed by atoms with Gasteiger partial charge in [0.25, 0.3) is 0 Å². The first-order valence-electron chi connectivity index (χ1n) is 12.5. The van der Waals surface area contributed by atoms with Crippen molar-refractivity contribution in [1.82, 2.24) is 15.1 Å². The number of unbranched alkanes of at least 4 members (excludes halogenated alkanes) is 1. The van der Waals surface area contributed by atoms with Crippen molar-refractivity contribution in [2.45, 2.75) is 65.3 Å². The number of aryl methyl sites for hydroxylation is 1. The fraction of sp³-hybridized carbons (Fsp3) is 0.500. The Labute approximate surface area is 210 Å². The largest absolute Gasteiger partial charge is 0.340 e. The summed E-state index contributed by atoms with van der Waals surface area (Å²) in [5.41, 5.74) is 2.74. The van der Waals surface area contributed by atoms with Gasteiger partial charge in [-0.1, -0.05) is 75.2 Å². The Balaban J connectivity index is 0.000000379. The lowest BCUT2D eigenvalue weighted by atomic mass is 10.0. The lowest BCUT2D eigenvalue weighted by Gasteiger charge is -2.38. The van der Waals surface area contributed by atoms with E-state index >= 15 is 0 Å². The number of benzene rings is 1. The van der Waals surface area contributed by atoms with Gasteiger partial charge in [0, 0.05) is 42.9 Å². The molecule has 1 aromatic rings. The fourth-order valence-corrected chi connectivity index (χ4v) is 4.37. The van der Waals surface area contributed by atoms with Gasteiger partial charge in [-0.2, -0.15) is 0 Å². The van der Waals surface area contributed by atoms with Crippen LogP contribution in [0, 0.1) is 0 Å². The lowest BCUT2D eigenvalue weighted by Crippen LogP contribution is -2.47. The SMILES string of the molecule is C=C1CN(C(=O)/C=C/C2CCCCN2)CCN1/C(=C\CCC)C(C)=O.CCc1ccccc1Cl. The van der Waals surface area contributed by atoms with E-state index in [1.807, 2.05) is 41.3 Å². The molecular weight excluding hydrogens is 446 g/mol. The van der Waals surface area contributed by atoms with Crippen LogP contribution in [-0.2, 0) is 16.0 Å². The molecule has 2 saturated heterocycles. The highest BCUT2D eigenvalue weighted by Gasteiger charge is 2.26. The van der Waals surface area contributed by atoms with Crippen LogP contribution in [0.4, 0.5) is 0 Å². The van der Waals surface area contributed by atoms with Crippen molar-refractivity contribution >= 4 is 23.3 Å². The standard InChI is InChI=1S/C20H31N3O2.C8H9Cl/c1-4-5-9-19(17(3)24)23-14-13-22(15-16(23)2)20(25)11-10-18-8-6-7-12-21-18;1-2-7-5-3-4-6-8(7)9/h9-11,18,21H,2,4-8,12-15H2,1,3H3;3-6H,2H2,1H3/b11-10+,19-9-;. The maximum Gasteiger partial charge on any atom is 0.246 e. The molecule has 2 aliphatic rings. The Morgan fingerprint density at radius 3 is 2.53 bits per heavy atom. The molecule has 5 nitrogen and oxygen atoms in total. The molecule has 6 heteroatoms. The zero-order chi connectivity index (χ0) is 24.9. The molecule has 2 heterocycles. The van der Waals surface area contributed by atoms with Gasteiger partial charge in [0.15, 0.2) is 5.78 Å². The van der Waals surface area contributed by atoms with Crippen molar-refractivity contribution in [1.29, 1.82) is 0 Å². The number of ketones is 1. The number of piperazine rings is 1. The molecule has 3 rings (SSSR count). The number of nitrogens with one attached hydrogen (secondary N) is 1. The number of hydrogen-bond donors (Lipinski definition) is 1. The van der Waals surface area contributed by atoms with Crippen molar-refractivity contribution in [2.75, 3.05) is 26.2 Å². The highest BCUT2D eigenvalue weighted by atomic mass is 35.5. The summed E-state index contributed by atoms with van der Waals surface area (Å²) < 4.78 is 0. The van der Waals surface area contributed by atoms with E-state index in [1.54, 1.807) is 17.9 Å². The van der Waals surface area contributed by atoms with E-state index in [2.05, 4.69) is 25.7 Å². The Morgan fingerprint density at radius 2 is 1.97 bits per heavy atom. The molecule has 0 radical (unpaired) electrons. The summed E-state index contributed by atoms with van der Waals surface area (Å²) >= 11 is 5.82. The summed E-state index contributed by atoms with van der Waals surface area (Å²) in [6, 6.07) is 8.22. The van der Waals surface area contributed by atoms with Crippen LogP contribution in [0.15, 0.2) is 60.5 Å². The van der Waals surface area contributed by atoms with Gasteiger partial charge in [0.1, 0.15) is 0 Å². The second-order valence-electron chi connectivity index (χ2n) is 8.77. The minimum atomic E-state index is 0.0232. The summed E-state index contributed by atoms with van der Waals surface area (Å²) in [6.45, 7) is 12.6. The number of allylic oxidation sites excluding steroid dienone is 2. The van der Waals surface area contributed by atoms with Crippen LogP contribution in [0.25, 0.3) is 0 Å². The first-order chi connectivity index (χ1) is 16.4. The van der Waals surface area contributed by atoms with Crippen molar-refractivity contribution in [3.05, 3.63) is 71.1 Å². The quantitative estimate of drug-likeness (QED) is 0.517. The van der Waals surface area contributed by atoms with Crippen molar-refractivity contribution in [3.63, 3.8) is 0 Å². The number of rotatable bonds is 7. The number of carbonyl (C=O) groups is 2. The zero-order valence-corrected chi connectivity index (χ0v) is 21.7. The monoisotopic (exact) mass is 485 g/mol. The molecule has 0 spiro atoms. The minimum absolute atomic E-state index is 0.0232. The predicted octanol–water partition coefficient (Wildman–Crippen LogP) is 5.52. The molecule has 0 aromatic heterocycles. The number of nitrogens with zero attached hydrogens (tertiary/aromatic N) is 2. The van der Waals surface area contributed by atoms with E-state index in [0.29, 0.717) is 31.4 Å². The molecule has 1 unspecified atom stereocenters. The lowest BCUT2D eigenvalue weighted by molar-refractivity contribution is -0.126. The molecule has 1 atom stereocenters. The Kier molecular flexibility index (Phi) is 12.1. The molecule has 0 saturated carbocycles. The number of piperidine rings is 1. The number of carbonyl (C=O) groups excluding carboxylic acids is 2. The number of halogens is 1. The second kappa shape index (κ2) is 14.8. The van der Waals surface area contributed by atoms with Crippen molar-refractivity contribution in [3.8, 4) is 0 Å². The molecule has 1 amide bonds. The maximum atomic E-state index is 12.4. The Bertz CT molecular complexity index is 887. The van der Waals surface area contributed by atoms with E-state index in [9.17, 15) is 9.59 Å². The topological polar surface area (TPSA) is 52.7 Å². The molecule has 34 heavy (non-hydrogen) atoms. The normalized spacial score (nSPS) is 19.1. The average molecular weight is 486 g/mol. The van der Waals surface area contributed by atoms with E-state index in [4.69, 9.17) is 11.6 Å². The zero-order valence-electron chi connectivity index (χ0n) is 21.0. The first kappa shape index (κ1) is 27.9. The van der Waals surface area contributed by atoms with E-state index < -0.39 is 0 Å². The van der Waals surface area contributed by atoms with Crippen LogP contribution in [0.5, 0.6) is 0 Å². The summed E-state index contributed by atoms with van der Waals surface area (Å²) in [5.74, 6) is 0.0766. The minimum Gasteiger partial charge on any atom is -0.340 e. The molecule has 2 aliphatic heterocycles. The Hall–Kier alpha value is -2.37. The Morgan fingerprint density at radius 1 is 1.21 bits per heavy atom. The predicted molar refractivity (Wildman–Crippen MR) is 142 cm³/mol. The summed E-state index contributed by atoms with van der Waals surface area (Å²) in [7, 11) is 0. The smallest absolute Gasteiger partial charge is 0.246 e. The third kappa shape index (κ3) is 8.77. The molecule has 1 aromatic carbocycles. The van der Waals surface area contributed by atoms with E-state index in [-0.39, 0.29) is 11.7 Å². The molecular formula is C28H40ClN3O2. The third-order valence-electron chi connectivity index (χ3n) is 6.10. The number of Topliss-reactive ketones (excluding diaryl/α,β-unsaturated/α-hetero) is 1. The molecule has 1 N–H and O–H groups in total. The van der Waals surface area contributed by atoms with Gasteiger partial charge in [-0.3, -0.25) is 9.59 Å². The highest BCUT2D eigenvalue weighted by Crippen LogP contribution is 2.20. The van der Waals surface area contributed by atoms with Crippen LogP contribution in [-0.4, -0.2) is 53.7 Å². The van der Waals surface area contributed by atoms with Crippen molar-refractivity contribution < 1.29 is 9.59 Å². The molecule has 0 bridgehead atoms. The molecule has 0 aliphatic carbocycles. The van der Waals surface area contributed by atoms with Crippen LogP contribution < -0.4 is 5.32 Å². The first-order valence-corrected chi connectivity index (χ1v) is 12.8. The van der Waals surface area contributed by atoms with Crippen LogP contribution in [0.1, 0.15) is 58.4 Å². The maximum absolute atomic E-state index is 12.4. The summed E-state index contributed by atoms with van der Waals surface area (Å²) in [4.78, 5) is 28.1. The van der Waals surface area contributed by atoms with Gasteiger partial charge in [0.05, 0.1) is 12.2 Å². The molecule has 186 valence electrons. The fourth-order valence-electron chi connectivity index (χ4n) is 4.10. The van der Waals surface area contributed by atoms with Gasteiger partial charge >= 0.3 is 0 Å². The van der Waals surface area contributed by atoms with Crippen molar-refractivity contribution in [2.24, 2.45) is 0 Å². The van der Waals surface area contributed by atoms with Gasteiger partial charge < -0.3 is 15.1 Å². The average Bonchev–Trinajstić information content (AvgIpc) is 2.84. The van der Waals surface area contributed by atoms with Crippen LogP contribution >= 0.6 is 11.6 Å². The number of amides is 1. The number of hydrogen-bond acceptors (Lipinski definition) is 4. The summed E-state index contributed by atoms with van der Waals surface area (Å²) in [5, 5.41) is 4.29. The van der Waals surface area contributed by atoms with Crippen LogP contribution in [0.2, 0.25) is 5.02 Å². The highest BCUT2D eigenvalue weighted by molar-refractivity contribution is 6.31. The second-order valence-corrected chi connectivity index (χ2v) is 9.18. The third-order valence-corrected chi connectivity index (χ3v) is 6.47. The van der Waals surface area contributed by atoms with Gasteiger partial charge in [0.2, 0.25) is 5.91 Å². The van der Waals surface area contributed by atoms with Crippen LogP contribution in [0.3, 0.4) is 0 Å². The van der Waals surface area contributed by atoms with Gasteiger partial charge in [-0.05, 0) is 43.9 Å². The summed E-state index contributed by atoms with van der Waals surface area (Å²) in [6.07, 6.45) is 12.1. The van der Waals surface area contributed by atoms with Gasteiger partial charge in [-0.25, -0.2) is 0 Å². The van der Waals surface area contributed by atoms with E-state index in [0.717, 1.165) is 42.9 Å². The van der Waals surface area contributed by atoms with E-state index in [1.165, 1.54) is 18.4 Å².